The molecular weight excluding hydrogens is 741 g/mol. The van der Waals surface area contributed by atoms with Gasteiger partial charge in [0.15, 0.2) is 40.0 Å². The van der Waals surface area contributed by atoms with Gasteiger partial charge >= 0.3 is 11.9 Å². The van der Waals surface area contributed by atoms with Crippen molar-refractivity contribution in [1.29, 1.82) is 5.26 Å². The van der Waals surface area contributed by atoms with Crippen LogP contribution in [0.3, 0.4) is 0 Å². The van der Waals surface area contributed by atoms with E-state index in [2.05, 4.69) is 15.9 Å². The SMILES string of the molecule is COc1cc2c(cc1O)CCN(C)[C@]21CS[C@@H]2c3c(OC(C)=O)c(C)c4c(c3[C@H](COC1=O)N1C2[C@H]2c3c(cc(C)c(OC)c3O)C[C@@H]([C@@H]1C#N)N2C)OCO4. The average molecular weight is 785 g/mol. The topological polar surface area (TPSA) is 163 Å². The summed E-state index contributed by atoms with van der Waals surface area (Å²) < 4.78 is 36.3. The number of likely N-dealkylation sites (N-methyl/N-ethyl adjacent to an activating group) is 2. The van der Waals surface area contributed by atoms with E-state index in [0.717, 1.165) is 16.7 Å². The third-order valence-electron chi connectivity index (χ3n) is 12.9. The van der Waals surface area contributed by atoms with Gasteiger partial charge in [-0.1, -0.05) is 6.07 Å². The van der Waals surface area contributed by atoms with E-state index >= 15 is 0 Å². The minimum Gasteiger partial charge on any atom is -0.504 e. The number of rotatable bonds is 3. The van der Waals surface area contributed by atoms with Crippen molar-refractivity contribution >= 4 is 23.7 Å². The van der Waals surface area contributed by atoms with Crippen LogP contribution in [0.4, 0.5) is 0 Å². The van der Waals surface area contributed by atoms with Gasteiger partial charge in [-0.2, -0.15) is 5.26 Å². The quantitative estimate of drug-likeness (QED) is 0.285. The molecule has 3 aromatic rings. The Bertz CT molecular complexity index is 2260. The summed E-state index contributed by atoms with van der Waals surface area (Å²) in [4.78, 5) is 34.3. The second-order valence-electron chi connectivity index (χ2n) is 15.5. The second-order valence-corrected chi connectivity index (χ2v) is 16.7. The number of esters is 2. The number of aromatic hydroxyl groups is 2. The molecule has 0 aromatic heterocycles. The van der Waals surface area contributed by atoms with E-state index in [4.69, 9.17) is 28.4 Å². The van der Waals surface area contributed by atoms with Crippen molar-refractivity contribution in [2.24, 2.45) is 0 Å². The van der Waals surface area contributed by atoms with Crippen molar-refractivity contribution in [3.8, 4) is 46.3 Å². The first kappa shape index (κ1) is 36.7. The van der Waals surface area contributed by atoms with E-state index in [1.54, 1.807) is 12.1 Å². The molecule has 7 aliphatic rings. The van der Waals surface area contributed by atoms with Crippen LogP contribution in [0.5, 0.6) is 40.2 Å². The number of thioether (sulfide) groups is 1. The molecule has 10 rings (SSSR count). The highest BCUT2D eigenvalue weighted by Crippen LogP contribution is 2.65. The first-order valence-electron chi connectivity index (χ1n) is 18.7. The van der Waals surface area contributed by atoms with E-state index in [-0.39, 0.29) is 42.4 Å². The van der Waals surface area contributed by atoms with Gasteiger partial charge in [-0.15, -0.1) is 11.8 Å². The van der Waals surface area contributed by atoms with E-state index < -0.39 is 46.9 Å². The van der Waals surface area contributed by atoms with Crippen LogP contribution in [0.2, 0.25) is 0 Å². The van der Waals surface area contributed by atoms with Crippen molar-refractivity contribution in [3.63, 3.8) is 0 Å². The Morgan fingerprint density at radius 2 is 1.79 bits per heavy atom. The van der Waals surface area contributed by atoms with Gasteiger partial charge in [0.2, 0.25) is 6.79 Å². The molecule has 1 unspecified atom stereocenters. The maximum atomic E-state index is 15.0. The molecule has 0 radical (unpaired) electrons. The highest BCUT2D eigenvalue weighted by atomic mass is 32.2. The fourth-order valence-electron chi connectivity index (χ4n) is 10.5. The summed E-state index contributed by atoms with van der Waals surface area (Å²) in [7, 11) is 6.90. The number of nitrogens with zero attached hydrogens (tertiary/aromatic N) is 4. The van der Waals surface area contributed by atoms with Crippen molar-refractivity contribution in [1.82, 2.24) is 14.7 Å². The molecule has 14 nitrogen and oxygen atoms in total. The Kier molecular flexibility index (Phi) is 8.59. The summed E-state index contributed by atoms with van der Waals surface area (Å²) >= 11 is 1.50. The molecule has 294 valence electrons. The molecule has 3 aromatic carbocycles. The van der Waals surface area contributed by atoms with Gasteiger partial charge in [-0.25, -0.2) is 4.79 Å². The molecule has 1 spiro atoms. The second kappa shape index (κ2) is 13.1. The Balaban J connectivity index is 1.35. The van der Waals surface area contributed by atoms with E-state index in [0.29, 0.717) is 70.2 Å². The Morgan fingerprint density at radius 3 is 2.50 bits per heavy atom. The van der Waals surface area contributed by atoms with Crippen molar-refractivity contribution in [2.45, 2.75) is 74.6 Å². The molecule has 0 aliphatic carbocycles. The van der Waals surface area contributed by atoms with Crippen LogP contribution >= 0.6 is 11.8 Å². The molecule has 2 saturated heterocycles. The number of fused-ring (bicyclic) bond motifs is 9. The molecule has 2 fully saturated rings. The lowest BCUT2D eigenvalue weighted by molar-refractivity contribution is -0.163. The summed E-state index contributed by atoms with van der Waals surface area (Å²) in [5, 5.41) is 33.5. The maximum absolute atomic E-state index is 15.0. The van der Waals surface area contributed by atoms with Gasteiger partial charge in [-0.3, -0.25) is 19.5 Å². The summed E-state index contributed by atoms with van der Waals surface area (Å²) in [6, 6.07) is 5.34. The summed E-state index contributed by atoms with van der Waals surface area (Å²) in [5.41, 5.74) is 4.53. The molecule has 15 heteroatoms. The first-order valence-corrected chi connectivity index (χ1v) is 19.8. The van der Waals surface area contributed by atoms with Crippen LogP contribution in [0.1, 0.15) is 68.8 Å². The molecular formula is C41H44N4O10S. The Labute approximate surface area is 328 Å². The number of hydrogen-bond acceptors (Lipinski definition) is 15. The number of phenolic OH excluding ortho intramolecular Hbond substituents is 2. The molecule has 0 saturated carbocycles. The highest BCUT2D eigenvalue weighted by molar-refractivity contribution is 7.99. The Hall–Kier alpha value is -4.88. The number of piperazine rings is 1. The summed E-state index contributed by atoms with van der Waals surface area (Å²) in [6.07, 6.45) is 1.08. The third kappa shape index (κ3) is 4.85. The fraction of sp³-hybridized carbons (Fsp3) is 0.488. The van der Waals surface area contributed by atoms with Gasteiger partial charge in [0.1, 0.15) is 18.4 Å². The van der Waals surface area contributed by atoms with Gasteiger partial charge in [0.25, 0.3) is 0 Å². The minimum absolute atomic E-state index is 0.0168. The lowest BCUT2D eigenvalue weighted by Gasteiger charge is -2.62. The fourth-order valence-corrected chi connectivity index (χ4v) is 12.3. The number of benzene rings is 3. The standard InChI is InChI=1S/C41H44N4O10S/c1-18-10-22-11-24-25(14-42)45-26-15-52-40(49)41(23-13-28(50-6)27(47)12-21(23)8-9-43(41)4)16-56-39(33(45)32(44(24)5)29(22)34(48)35(18)51-7)31-30(26)38-37(53-17-54-38)19(2)36(31)55-20(3)46/h10,12-13,24-26,32-33,39,47-48H,8-9,11,15-17H2,1-7H3/t24-,25-,26-,32+,33?,39+,41+/m0/s1. The predicted molar refractivity (Wildman–Crippen MR) is 203 cm³/mol. The number of phenols is 2. The van der Waals surface area contributed by atoms with Crippen molar-refractivity contribution < 1.29 is 48.2 Å². The predicted octanol–water partition coefficient (Wildman–Crippen LogP) is 4.33. The van der Waals surface area contributed by atoms with Crippen molar-refractivity contribution in [3.05, 3.63) is 62.7 Å². The summed E-state index contributed by atoms with van der Waals surface area (Å²) in [6.45, 7) is 5.37. The zero-order valence-electron chi connectivity index (χ0n) is 32.3. The number of nitriles is 1. The van der Waals surface area contributed by atoms with Crippen LogP contribution in [0, 0.1) is 25.2 Å². The number of ether oxygens (including phenoxy) is 6. The first-order chi connectivity index (χ1) is 26.9. The monoisotopic (exact) mass is 784 g/mol. The van der Waals surface area contributed by atoms with Crippen molar-refractivity contribution in [2.75, 3.05) is 54.0 Å². The largest absolute Gasteiger partial charge is 0.504 e. The molecule has 2 N–H and O–H groups in total. The molecule has 7 atom stereocenters. The van der Waals surface area contributed by atoms with E-state index in [1.807, 2.05) is 38.9 Å². The lowest BCUT2D eigenvalue weighted by atomic mass is 9.71. The summed E-state index contributed by atoms with van der Waals surface area (Å²) in [5.74, 6) is 1.07. The van der Waals surface area contributed by atoms with Gasteiger partial charge in [0, 0.05) is 53.6 Å². The van der Waals surface area contributed by atoms with Crippen LogP contribution < -0.4 is 23.7 Å². The number of hydrogen-bond donors (Lipinski definition) is 2. The van der Waals surface area contributed by atoms with Gasteiger partial charge in [-0.05, 0) is 75.2 Å². The molecule has 7 aliphatic heterocycles. The van der Waals surface area contributed by atoms with Gasteiger partial charge < -0.3 is 38.6 Å². The average Bonchev–Trinajstić information content (AvgIpc) is 3.66. The van der Waals surface area contributed by atoms with E-state index in [1.165, 1.54) is 32.9 Å². The highest BCUT2D eigenvalue weighted by Gasteiger charge is 2.62. The zero-order chi connectivity index (χ0) is 39.5. The number of carbonyl (C=O) groups excluding carboxylic acids is 2. The van der Waals surface area contributed by atoms with Crippen LogP contribution in [-0.4, -0.2) is 109 Å². The molecule has 4 bridgehead atoms. The van der Waals surface area contributed by atoms with Crippen LogP contribution in [0.25, 0.3) is 0 Å². The zero-order valence-corrected chi connectivity index (χ0v) is 33.1. The maximum Gasteiger partial charge on any atom is 0.332 e. The lowest BCUT2D eigenvalue weighted by Crippen LogP contribution is -2.69. The van der Waals surface area contributed by atoms with E-state index in [9.17, 15) is 25.1 Å². The van der Waals surface area contributed by atoms with Gasteiger partial charge in [0.05, 0.1) is 37.6 Å². The molecule has 0 amide bonds. The smallest absolute Gasteiger partial charge is 0.332 e. The van der Waals surface area contributed by atoms with Crippen LogP contribution in [-0.2, 0) is 32.7 Å². The number of methoxy groups -OCH3 is 2. The number of carbonyl (C=O) groups is 2. The van der Waals surface area contributed by atoms with Crippen LogP contribution in [0.15, 0.2) is 18.2 Å². The molecule has 7 heterocycles. The third-order valence-corrected chi connectivity index (χ3v) is 14.4. The normalized spacial score (nSPS) is 29.0. The Morgan fingerprint density at radius 1 is 1.02 bits per heavy atom. The minimum atomic E-state index is -1.32. The number of aryl methyl sites for hydroxylation is 1. The molecule has 56 heavy (non-hydrogen) atoms.